The molecule has 0 fully saturated rings. The molecular weight excluding hydrogens is 359 g/mol. The fourth-order valence-electron chi connectivity index (χ4n) is 1.86. The average Bonchev–Trinajstić information content (AvgIpc) is 2.66. The lowest BCUT2D eigenvalue weighted by Crippen LogP contribution is -2.11. The minimum absolute atomic E-state index is 0.0666. The van der Waals surface area contributed by atoms with Gasteiger partial charge < -0.3 is 5.73 Å². The van der Waals surface area contributed by atoms with E-state index in [0.717, 1.165) is 14.8 Å². The summed E-state index contributed by atoms with van der Waals surface area (Å²) in [5.41, 5.74) is 7.89. The Bertz CT molecular complexity index is 621. The molecule has 0 radical (unpaired) electrons. The van der Waals surface area contributed by atoms with E-state index >= 15 is 0 Å². The zero-order chi connectivity index (χ0) is 14.2. The summed E-state index contributed by atoms with van der Waals surface area (Å²) in [7, 11) is 0. The summed E-state index contributed by atoms with van der Waals surface area (Å²) < 4.78 is 2.67. The number of aryl methyl sites for hydroxylation is 1. The number of benzene rings is 1. The number of rotatable bonds is 3. The highest BCUT2D eigenvalue weighted by molar-refractivity contribution is 14.1. The summed E-state index contributed by atoms with van der Waals surface area (Å²) in [5, 5.41) is 15.0. The van der Waals surface area contributed by atoms with Crippen molar-refractivity contribution in [2.45, 2.75) is 19.9 Å². The topological polar surface area (TPSA) is 87.0 Å². The third-order valence-electron chi connectivity index (χ3n) is 3.00. The molecule has 0 bridgehead atoms. The molecule has 2 N–H and O–H groups in total. The van der Waals surface area contributed by atoms with Gasteiger partial charge in [-0.1, -0.05) is 12.1 Å². The van der Waals surface area contributed by atoms with Crippen LogP contribution in [0.15, 0.2) is 24.3 Å². The number of halogens is 1. The number of nitro groups is 1. The Kier molecular flexibility index (Phi) is 3.74. The molecule has 100 valence electrons. The van der Waals surface area contributed by atoms with Gasteiger partial charge in [0, 0.05) is 12.1 Å². The number of non-ortho nitro benzene ring substituents is 1. The molecular formula is C12H13IN4O2. The second-order valence-electron chi connectivity index (χ2n) is 4.25. The first kappa shape index (κ1) is 13.8. The average molecular weight is 372 g/mol. The summed E-state index contributed by atoms with van der Waals surface area (Å²) in [6.07, 6.45) is 0. The van der Waals surface area contributed by atoms with Crippen LogP contribution in [0.2, 0.25) is 0 Å². The Balaban J connectivity index is 2.35. The molecule has 7 heteroatoms. The predicted molar refractivity (Wildman–Crippen MR) is 81.0 cm³/mol. The standard InChI is InChI=1S/C12H13IN4O2/c1-7-11(13)12(14)16(15-7)8(2)9-3-5-10(6-4-9)17(18)19/h3-6,8H,14H2,1-2H3. The van der Waals surface area contributed by atoms with Gasteiger partial charge in [0.05, 0.1) is 20.2 Å². The van der Waals surface area contributed by atoms with Gasteiger partial charge in [-0.2, -0.15) is 5.10 Å². The molecule has 0 aliphatic carbocycles. The first-order chi connectivity index (χ1) is 8.91. The van der Waals surface area contributed by atoms with Crippen LogP contribution in [0.3, 0.4) is 0 Å². The molecule has 0 aliphatic heterocycles. The van der Waals surface area contributed by atoms with Crippen molar-refractivity contribution in [2.75, 3.05) is 5.73 Å². The van der Waals surface area contributed by atoms with Gasteiger partial charge >= 0.3 is 0 Å². The molecule has 0 saturated carbocycles. The Morgan fingerprint density at radius 1 is 1.42 bits per heavy atom. The largest absolute Gasteiger partial charge is 0.383 e. The van der Waals surface area contributed by atoms with E-state index in [2.05, 4.69) is 27.7 Å². The monoisotopic (exact) mass is 372 g/mol. The summed E-state index contributed by atoms with van der Waals surface area (Å²) in [6, 6.07) is 6.37. The first-order valence-electron chi connectivity index (χ1n) is 5.66. The van der Waals surface area contributed by atoms with Crippen molar-refractivity contribution < 1.29 is 4.92 Å². The Hall–Kier alpha value is -1.64. The van der Waals surface area contributed by atoms with Crippen LogP contribution in [0, 0.1) is 20.6 Å². The molecule has 6 nitrogen and oxygen atoms in total. The number of anilines is 1. The van der Waals surface area contributed by atoms with Gasteiger partial charge in [-0.15, -0.1) is 0 Å². The normalized spacial score (nSPS) is 12.4. The van der Waals surface area contributed by atoms with E-state index in [0.29, 0.717) is 5.82 Å². The van der Waals surface area contributed by atoms with Crippen molar-refractivity contribution in [1.29, 1.82) is 0 Å². The minimum Gasteiger partial charge on any atom is -0.383 e. The molecule has 0 spiro atoms. The highest BCUT2D eigenvalue weighted by atomic mass is 127. The number of aromatic nitrogens is 2. The molecule has 0 saturated heterocycles. The third kappa shape index (κ3) is 2.55. The Morgan fingerprint density at radius 3 is 2.42 bits per heavy atom. The lowest BCUT2D eigenvalue weighted by Gasteiger charge is -2.14. The van der Waals surface area contributed by atoms with Gasteiger partial charge in [-0.05, 0) is 42.0 Å². The van der Waals surface area contributed by atoms with E-state index in [1.807, 2.05) is 13.8 Å². The van der Waals surface area contributed by atoms with Gasteiger partial charge in [0.2, 0.25) is 0 Å². The maximum Gasteiger partial charge on any atom is 0.269 e. The molecule has 2 rings (SSSR count). The summed E-state index contributed by atoms with van der Waals surface area (Å²) in [6.45, 7) is 3.86. The fraction of sp³-hybridized carbons (Fsp3) is 0.250. The van der Waals surface area contributed by atoms with E-state index < -0.39 is 4.92 Å². The highest BCUT2D eigenvalue weighted by Crippen LogP contribution is 2.26. The van der Waals surface area contributed by atoms with E-state index in [-0.39, 0.29) is 11.7 Å². The second kappa shape index (κ2) is 5.16. The van der Waals surface area contributed by atoms with Crippen LogP contribution >= 0.6 is 22.6 Å². The van der Waals surface area contributed by atoms with Gasteiger partial charge in [0.15, 0.2) is 0 Å². The molecule has 1 aromatic heterocycles. The number of nitrogen functional groups attached to an aromatic ring is 1. The Morgan fingerprint density at radius 2 is 2.00 bits per heavy atom. The van der Waals surface area contributed by atoms with Crippen molar-refractivity contribution in [3.8, 4) is 0 Å². The Labute approximate surface area is 123 Å². The SMILES string of the molecule is Cc1nn(C(C)c2ccc([N+](=O)[O-])cc2)c(N)c1I. The number of hydrogen-bond acceptors (Lipinski definition) is 4. The summed E-state index contributed by atoms with van der Waals surface area (Å²) in [5.74, 6) is 0.615. The maximum absolute atomic E-state index is 10.6. The molecule has 2 aromatic rings. The van der Waals surface area contributed by atoms with E-state index in [1.54, 1.807) is 16.8 Å². The number of nitrogens with two attached hydrogens (primary N) is 1. The van der Waals surface area contributed by atoms with E-state index in [4.69, 9.17) is 5.73 Å². The van der Waals surface area contributed by atoms with E-state index in [9.17, 15) is 10.1 Å². The molecule has 0 aliphatic rings. The molecule has 1 atom stereocenters. The zero-order valence-corrected chi connectivity index (χ0v) is 12.7. The second-order valence-corrected chi connectivity index (χ2v) is 5.33. The smallest absolute Gasteiger partial charge is 0.269 e. The van der Waals surface area contributed by atoms with E-state index in [1.165, 1.54) is 12.1 Å². The fourth-order valence-corrected chi connectivity index (χ4v) is 2.21. The molecule has 1 aromatic carbocycles. The van der Waals surface area contributed by atoms with Crippen LogP contribution in [0.25, 0.3) is 0 Å². The number of nitrogens with zero attached hydrogens (tertiary/aromatic N) is 3. The lowest BCUT2D eigenvalue weighted by molar-refractivity contribution is -0.384. The van der Waals surface area contributed by atoms with Crippen molar-refractivity contribution >= 4 is 34.1 Å². The minimum atomic E-state index is -0.413. The van der Waals surface area contributed by atoms with Crippen molar-refractivity contribution in [1.82, 2.24) is 9.78 Å². The van der Waals surface area contributed by atoms with Crippen molar-refractivity contribution in [3.63, 3.8) is 0 Å². The van der Waals surface area contributed by atoms with Crippen LogP contribution in [-0.4, -0.2) is 14.7 Å². The van der Waals surface area contributed by atoms with Gasteiger partial charge in [0.25, 0.3) is 5.69 Å². The maximum atomic E-state index is 10.6. The first-order valence-corrected chi connectivity index (χ1v) is 6.74. The molecule has 0 amide bonds. The molecule has 19 heavy (non-hydrogen) atoms. The summed E-state index contributed by atoms with van der Waals surface area (Å²) in [4.78, 5) is 10.2. The number of hydrogen-bond donors (Lipinski definition) is 1. The van der Waals surface area contributed by atoms with Crippen LogP contribution in [0.1, 0.15) is 24.2 Å². The van der Waals surface area contributed by atoms with Crippen molar-refractivity contribution in [3.05, 3.63) is 49.2 Å². The van der Waals surface area contributed by atoms with Crippen LogP contribution < -0.4 is 5.73 Å². The predicted octanol–water partition coefficient (Wildman–Crippen LogP) is 2.90. The number of nitro benzene ring substituents is 1. The molecule has 1 unspecified atom stereocenters. The van der Waals surface area contributed by atoms with Crippen LogP contribution in [-0.2, 0) is 0 Å². The molecule has 1 heterocycles. The van der Waals surface area contributed by atoms with Gasteiger partial charge in [0.1, 0.15) is 5.82 Å². The van der Waals surface area contributed by atoms with Crippen LogP contribution in [0.5, 0.6) is 0 Å². The summed E-state index contributed by atoms with van der Waals surface area (Å²) >= 11 is 2.16. The quantitative estimate of drug-likeness (QED) is 0.510. The lowest BCUT2D eigenvalue weighted by atomic mass is 10.1. The van der Waals surface area contributed by atoms with Gasteiger partial charge in [-0.25, -0.2) is 4.68 Å². The highest BCUT2D eigenvalue weighted by Gasteiger charge is 2.17. The van der Waals surface area contributed by atoms with Crippen LogP contribution in [0.4, 0.5) is 11.5 Å². The third-order valence-corrected chi connectivity index (χ3v) is 4.33. The zero-order valence-electron chi connectivity index (χ0n) is 10.5. The van der Waals surface area contributed by atoms with Crippen molar-refractivity contribution in [2.24, 2.45) is 0 Å². The van der Waals surface area contributed by atoms with Gasteiger partial charge in [-0.3, -0.25) is 10.1 Å².